The molecule has 1 aliphatic heterocycles. The molecule has 0 unspecified atom stereocenters. The maximum atomic E-state index is 12.8. The number of nitrogens with zero attached hydrogens (tertiary/aromatic N) is 1. The second-order valence-corrected chi connectivity index (χ2v) is 5.64. The molecule has 8 heteroatoms. The Balaban J connectivity index is 2.03. The lowest BCUT2D eigenvalue weighted by atomic mass is 9.98. The summed E-state index contributed by atoms with van der Waals surface area (Å²) in [5.41, 5.74) is -0.933. The van der Waals surface area contributed by atoms with Crippen LogP contribution in [0.15, 0.2) is 18.2 Å². The van der Waals surface area contributed by atoms with Crippen LogP contribution in [0.1, 0.15) is 18.4 Å². The number of nitrogens with one attached hydrogen (secondary N) is 1. The number of likely N-dealkylation sites (tertiary alicyclic amines) is 1. The fourth-order valence-electron chi connectivity index (χ4n) is 2.34. The number of aliphatic hydroxyl groups excluding tert-OH is 1. The minimum atomic E-state index is -4.57. The number of rotatable bonds is 2. The third-order valence-corrected chi connectivity index (χ3v) is 4.01. The van der Waals surface area contributed by atoms with E-state index in [1.54, 1.807) is 0 Å². The first-order valence-electron chi connectivity index (χ1n) is 6.85. The lowest BCUT2D eigenvalue weighted by Crippen LogP contribution is -2.41. The molecule has 1 aromatic rings. The number of alkyl halides is 3. The monoisotopic (exact) mass is 336 g/mol. The molecule has 1 heterocycles. The first-order valence-corrected chi connectivity index (χ1v) is 7.22. The molecule has 0 radical (unpaired) electrons. The number of urea groups is 1. The molecule has 2 N–H and O–H groups in total. The van der Waals surface area contributed by atoms with E-state index < -0.39 is 22.8 Å². The van der Waals surface area contributed by atoms with Crippen LogP contribution in [0, 0.1) is 5.92 Å². The van der Waals surface area contributed by atoms with Gasteiger partial charge in [0, 0.05) is 25.4 Å². The van der Waals surface area contributed by atoms with E-state index in [-0.39, 0.29) is 18.2 Å². The van der Waals surface area contributed by atoms with E-state index >= 15 is 0 Å². The summed E-state index contributed by atoms with van der Waals surface area (Å²) in [5, 5.41) is 11.1. The highest BCUT2D eigenvalue weighted by Gasteiger charge is 2.33. The summed E-state index contributed by atoms with van der Waals surface area (Å²) in [6, 6.07) is 2.81. The molecule has 1 aromatic carbocycles. The van der Waals surface area contributed by atoms with Crippen molar-refractivity contribution in [2.45, 2.75) is 19.0 Å². The number of hydrogen-bond acceptors (Lipinski definition) is 2. The van der Waals surface area contributed by atoms with Crippen molar-refractivity contribution in [1.82, 2.24) is 4.90 Å². The molecule has 2 rings (SSSR count). The van der Waals surface area contributed by atoms with Crippen molar-refractivity contribution < 1.29 is 23.1 Å². The normalized spacial score (nSPS) is 16.7. The van der Waals surface area contributed by atoms with E-state index in [0.717, 1.165) is 12.1 Å². The Morgan fingerprint density at radius 2 is 2.00 bits per heavy atom. The zero-order valence-electron chi connectivity index (χ0n) is 11.7. The molecule has 2 amide bonds. The zero-order chi connectivity index (χ0) is 16.3. The van der Waals surface area contributed by atoms with E-state index in [1.807, 2.05) is 0 Å². The molecular weight excluding hydrogens is 321 g/mol. The summed E-state index contributed by atoms with van der Waals surface area (Å²) in [4.78, 5) is 13.6. The van der Waals surface area contributed by atoms with E-state index in [2.05, 4.69) is 5.32 Å². The standard InChI is InChI=1S/C14H16ClF3N2O2/c15-12-2-1-10(7-11(12)14(16,17)18)19-13(22)20-5-3-9(8-21)4-6-20/h1-2,7,9,21H,3-6,8H2,(H,19,22). The molecule has 0 aromatic heterocycles. The van der Waals surface area contributed by atoms with Crippen molar-refractivity contribution in [3.05, 3.63) is 28.8 Å². The van der Waals surface area contributed by atoms with E-state index in [0.29, 0.717) is 25.9 Å². The van der Waals surface area contributed by atoms with Gasteiger partial charge in [0.05, 0.1) is 10.6 Å². The van der Waals surface area contributed by atoms with Gasteiger partial charge in [0.25, 0.3) is 0 Å². The van der Waals surface area contributed by atoms with Crippen molar-refractivity contribution in [2.75, 3.05) is 25.0 Å². The Morgan fingerprint density at radius 3 is 2.55 bits per heavy atom. The summed E-state index contributed by atoms with van der Waals surface area (Å²) < 4.78 is 38.3. The first kappa shape index (κ1) is 16.9. The van der Waals surface area contributed by atoms with Gasteiger partial charge in [-0.05, 0) is 37.0 Å². The topological polar surface area (TPSA) is 52.6 Å². The number of hydrogen-bond donors (Lipinski definition) is 2. The second-order valence-electron chi connectivity index (χ2n) is 5.24. The van der Waals surface area contributed by atoms with Gasteiger partial charge in [0.1, 0.15) is 0 Å². The molecular formula is C14H16ClF3N2O2. The number of aliphatic hydroxyl groups is 1. The van der Waals surface area contributed by atoms with Gasteiger partial charge in [-0.3, -0.25) is 0 Å². The number of carbonyl (C=O) groups is 1. The number of piperidine rings is 1. The smallest absolute Gasteiger partial charge is 0.396 e. The van der Waals surface area contributed by atoms with Gasteiger partial charge in [-0.15, -0.1) is 0 Å². The summed E-state index contributed by atoms with van der Waals surface area (Å²) in [5.74, 6) is 0.177. The summed E-state index contributed by atoms with van der Waals surface area (Å²) >= 11 is 5.53. The van der Waals surface area contributed by atoms with Crippen LogP contribution < -0.4 is 5.32 Å². The molecule has 1 saturated heterocycles. The number of anilines is 1. The van der Waals surface area contributed by atoms with Gasteiger partial charge in [-0.25, -0.2) is 4.79 Å². The highest BCUT2D eigenvalue weighted by molar-refractivity contribution is 6.31. The largest absolute Gasteiger partial charge is 0.417 e. The minimum absolute atomic E-state index is 0.0472. The molecule has 122 valence electrons. The summed E-state index contributed by atoms with van der Waals surface area (Å²) in [6.07, 6.45) is -3.21. The van der Waals surface area contributed by atoms with Crippen LogP contribution in [0.4, 0.5) is 23.7 Å². The molecule has 0 bridgehead atoms. The SMILES string of the molecule is O=C(Nc1ccc(Cl)c(C(F)(F)F)c1)N1CCC(CO)CC1. The Bertz CT molecular complexity index is 543. The summed E-state index contributed by atoms with van der Waals surface area (Å²) in [7, 11) is 0. The zero-order valence-corrected chi connectivity index (χ0v) is 12.4. The average molecular weight is 337 g/mol. The average Bonchev–Trinajstić information content (AvgIpc) is 2.48. The fraction of sp³-hybridized carbons (Fsp3) is 0.500. The van der Waals surface area contributed by atoms with E-state index in [9.17, 15) is 18.0 Å². The lowest BCUT2D eigenvalue weighted by molar-refractivity contribution is -0.137. The lowest BCUT2D eigenvalue weighted by Gasteiger charge is -2.31. The number of halogens is 4. The van der Waals surface area contributed by atoms with E-state index in [1.165, 1.54) is 11.0 Å². The van der Waals surface area contributed by atoms with Crippen molar-refractivity contribution in [3.8, 4) is 0 Å². The van der Waals surface area contributed by atoms with Crippen LogP contribution in [0.25, 0.3) is 0 Å². The number of amides is 2. The molecule has 4 nitrogen and oxygen atoms in total. The molecule has 1 aliphatic rings. The Morgan fingerprint density at radius 1 is 1.36 bits per heavy atom. The minimum Gasteiger partial charge on any atom is -0.396 e. The van der Waals surface area contributed by atoms with Crippen LogP contribution in [0.3, 0.4) is 0 Å². The number of benzene rings is 1. The predicted molar refractivity (Wildman–Crippen MR) is 76.9 cm³/mol. The van der Waals surface area contributed by atoms with Crippen LogP contribution in [0.5, 0.6) is 0 Å². The van der Waals surface area contributed by atoms with Gasteiger partial charge in [0.2, 0.25) is 0 Å². The summed E-state index contributed by atoms with van der Waals surface area (Å²) in [6.45, 7) is 1.02. The van der Waals surface area contributed by atoms with Crippen LogP contribution in [-0.2, 0) is 6.18 Å². The quantitative estimate of drug-likeness (QED) is 0.867. The fourth-order valence-corrected chi connectivity index (χ4v) is 2.57. The van der Waals surface area contributed by atoms with Crippen molar-refractivity contribution in [3.63, 3.8) is 0 Å². The van der Waals surface area contributed by atoms with E-state index in [4.69, 9.17) is 16.7 Å². The first-order chi connectivity index (χ1) is 10.3. The van der Waals surface area contributed by atoms with Crippen molar-refractivity contribution in [2.24, 2.45) is 5.92 Å². The Hall–Kier alpha value is -1.47. The van der Waals surface area contributed by atoms with Crippen molar-refractivity contribution in [1.29, 1.82) is 0 Å². The maximum Gasteiger partial charge on any atom is 0.417 e. The molecule has 0 saturated carbocycles. The van der Waals surface area contributed by atoms with Crippen molar-refractivity contribution >= 4 is 23.3 Å². The maximum absolute atomic E-state index is 12.8. The second kappa shape index (κ2) is 6.75. The predicted octanol–water partition coefficient (Wildman–Crippen LogP) is 3.60. The molecule has 22 heavy (non-hydrogen) atoms. The van der Waals surface area contributed by atoms with Gasteiger partial charge in [-0.2, -0.15) is 13.2 Å². The van der Waals surface area contributed by atoms with Crippen LogP contribution in [0.2, 0.25) is 5.02 Å². The van der Waals surface area contributed by atoms with Crippen LogP contribution >= 0.6 is 11.6 Å². The molecule has 0 atom stereocenters. The Kier molecular flexibility index (Phi) is 5.18. The number of carbonyl (C=O) groups excluding carboxylic acids is 1. The van der Waals surface area contributed by atoms with Crippen LogP contribution in [-0.4, -0.2) is 35.7 Å². The van der Waals surface area contributed by atoms with Gasteiger partial charge in [-0.1, -0.05) is 11.6 Å². The van der Waals surface area contributed by atoms with Gasteiger partial charge >= 0.3 is 12.2 Å². The third-order valence-electron chi connectivity index (χ3n) is 3.68. The third kappa shape index (κ3) is 4.04. The molecule has 0 spiro atoms. The molecule has 1 fully saturated rings. The van der Waals surface area contributed by atoms with Gasteiger partial charge < -0.3 is 15.3 Å². The highest BCUT2D eigenvalue weighted by atomic mass is 35.5. The highest BCUT2D eigenvalue weighted by Crippen LogP contribution is 2.36. The molecule has 0 aliphatic carbocycles. The Labute approximate surface area is 130 Å². The van der Waals surface area contributed by atoms with Gasteiger partial charge in [0.15, 0.2) is 0 Å².